The van der Waals surface area contributed by atoms with E-state index in [0.29, 0.717) is 36.3 Å². The highest BCUT2D eigenvalue weighted by Crippen LogP contribution is 2.37. The van der Waals surface area contributed by atoms with E-state index in [0.717, 1.165) is 11.1 Å². The van der Waals surface area contributed by atoms with Gasteiger partial charge in [0, 0.05) is 12.1 Å². The zero-order chi connectivity index (χ0) is 19.2. The third kappa shape index (κ3) is 5.63. The first-order chi connectivity index (χ1) is 12.4. The fraction of sp³-hybridized carbons (Fsp3) is 0.429. The summed E-state index contributed by atoms with van der Waals surface area (Å²) in [6, 6.07) is 11.9. The molecule has 0 atom stereocenters. The number of hydrogen-bond acceptors (Lipinski definition) is 4. The molecule has 4 nitrogen and oxygen atoms in total. The first kappa shape index (κ1) is 20.6. The summed E-state index contributed by atoms with van der Waals surface area (Å²) >= 11 is 6.48. The van der Waals surface area contributed by atoms with Crippen molar-refractivity contribution in [2.75, 3.05) is 13.2 Å². The van der Waals surface area contributed by atoms with Crippen LogP contribution in [0.25, 0.3) is 0 Å². The SMILES string of the molecule is CCOc1cc(CNC(C)(C)CO)cc(Cl)c1OCc1ccccc1C. The Balaban J connectivity index is 2.19. The Morgan fingerprint density at radius 2 is 1.88 bits per heavy atom. The highest BCUT2D eigenvalue weighted by molar-refractivity contribution is 6.32. The summed E-state index contributed by atoms with van der Waals surface area (Å²) < 4.78 is 11.7. The minimum Gasteiger partial charge on any atom is -0.490 e. The van der Waals surface area contributed by atoms with Crippen molar-refractivity contribution >= 4 is 11.6 Å². The van der Waals surface area contributed by atoms with Crippen LogP contribution in [0.15, 0.2) is 36.4 Å². The molecule has 0 aromatic heterocycles. The van der Waals surface area contributed by atoms with Gasteiger partial charge in [-0.05, 0) is 56.5 Å². The van der Waals surface area contributed by atoms with E-state index < -0.39 is 0 Å². The summed E-state index contributed by atoms with van der Waals surface area (Å²) in [5, 5.41) is 13.2. The Morgan fingerprint density at radius 1 is 1.15 bits per heavy atom. The fourth-order valence-electron chi connectivity index (χ4n) is 2.45. The Labute approximate surface area is 161 Å². The van der Waals surface area contributed by atoms with Gasteiger partial charge in [0.1, 0.15) is 6.61 Å². The van der Waals surface area contributed by atoms with E-state index in [2.05, 4.69) is 18.3 Å². The van der Waals surface area contributed by atoms with E-state index in [9.17, 15) is 5.11 Å². The van der Waals surface area contributed by atoms with Crippen molar-refractivity contribution in [3.05, 3.63) is 58.1 Å². The minimum atomic E-state index is -0.363. The molecule has 0 heterocycles. The molecule has 0 fully saturated rings. The van der Waals surface area contributed by atoms with Crippen molar-refractivity contribution in [1.29, 1.82) is 0 Å². The van der Waals surface area contributed by atoms with Crippen molar-refractivity contribution in [2.24, 2.45) is 0 Å². The van der Waals surface area contributed by atoms with Gasteiger partial charge in [-0.1, -0.05) is 35.9 Å². The van der Waals surface area contributed by atoms with E-state index in [-0.39, 0.29) is 12.1 Å². The largest absolute Gasteiger partial charge is 0.490 e. The van der Waals surface area contributed by atoms with Gasteiger partial charge < -0.3 is 19.9 Å². The molecule has 0 radical (unpaired) electrons. The first-order valence-corrected chi connectivity index (χ1v) is 9.22. The lowest BCUT2D eigenvalue weighted by atomic mass is 10.1. The molecule has 0 unspecified atom stereocenters. The molecule has 0 amide bonds. The second kappa shape index (κ2) is 9.26. The lowest BCUT2D eigenvalue weighted by molar-refractivity contribution is 0.187. The first-order valence-electron chi connectivity index (χ1n) is 8.84. The Kier molecular flexibility index (Phi) is 7.33. The van der Waals surface area contributed by atoms with Crippen LogP contribution in [-0.2, 0) is 13.2 Å². The Bertz CT molecular complexity index is 731. The zero-order valence-electron chi connectivity index (χ0n) is 15.9. The molecule has 0 saturated heterocycles. The molecule has 0 saturated carbocycles. The molecule has 2 aromatic rings. The van der Waals surface area contributed by atoms with Gasteiger partial charge in [-0.25, -0.2) is 0 Å². The molecule has 2 N–H and O–H groups in total. The van der Waals surface area contributed by atoms with Crippen molar-refractivity contribution in [3.63, 3.8) is 0 Å². The standard InChI is InChI=1S/C21H28ClNO3/c1-5-25-19-11-16(12-23-21(3,4)14-24)10-18(22)20(19)26-13-17-9-7-6-8-15(17)2/h6-11,23-24H,5,12-14H2,1-4H3. The third-order valence-corrected chi connectivity index (χ3v) is 4.45. The highest BCUT2D eigenvalue weighted by atomic mass is 35.5. The van der Waals surface area contributed by atoms with Crippen molar-refractivity contribution in [3.8, 4) is 11.5 Å². The predicted octanol–water partition coefficient (Wildman–Crippen LogP) is 4.49. The van der Waals surface area contributed by atoms with E-state index in [1.807, 2.05) is 51.1 Å². The number of aliphatic hydroxyl groups is 1. The Morgan fingerprint density at radius 3 is 2.54 bits per heavy atom. The molecular formula is C21H28ClNO3. The van der Waals surface area contributed by atoms with Gasteiger partial charge in [0.2, 0.25) is 0 Å². The van der Waals surface area contributed by atoms with E-state index >= 15 is 0 Å². The molecule has 0 aliphatic rings. The third-order valence-electron chi connectivity index (χ3n) is 4.17. The number of aryl methyl sites for hydroxylation is 1. The van der Waals surface area contributed by atoms with Crippen LogP contribution in [0.4, 0.5) is 0 Å². The monoisotopic (exact) mass is 377 g/mol. The average molecular weight is 378 g/mol. The number of nitrogens with one attached hydrogen (secondary N) is 1. The van der Waals surface area contributed by atoms with Crippen LogP contribution in [0, 0.1) is 6.92 Å². The van der Waals surface area contributed by atoms with E-state index in [4.69, 9.17) is 21.1 Å². The molecule has 2 rings (SSSR count). The second-order valence-corrected chi connectivity index (χ2v) is 7.36. The number of hydrogen-bond donors (Lipinski definition) is 2. The van der Waals surface area contributed by atoms with Crippen LogP contribution < -0.4 is 14.8 Å². The highest BCUT2D eigenvalue weighted by Gasteiger charge is 2.17. The molecule has 0 aliphatic carbocycles. The lowest BCUT2D eigenvalue weighted by Crippen LogP contribution is -2.42. The summed E-state index contributed by atoms with van der Waals surface area (Å²) in [4.78, 5) is 0. The normalized spacial score (nSPS) is 11.5. The number of benzene rings is 2. The van der Waals surface area contributed by atoms with E-state index in [1.54, 1.807) is 0 Å². The Hall–Kier alpha value is -1.75. The summed E-state index contributed by atoms with van der Waals surface area (Å²) in [7, 11) is 0. The molecule has 0 aliphatic heterocycles. The van der Waals surface area contributed by atoms with E-state index in [1.165, 1.54) is 5.56 Å². The van der Waals surface area contributed by atoms with Crippen molar-refractivity contribution in [2.45, 2.75) is 46.4 Å². The molecule has 0 bridgehead atoms. The topological polar surface area (TPSA) is 50.7 Å². The molecule has 2 aromatic carbocycles. The maximum atomic E-state index is 9.38. The van der Waals surface area contributed by atoms with Gasteiger partial charge in [-0.15, -0.1) is 0 Å². The van der Waals surface area contributed by atoms with Crippen LogP contribution >= 0.6 is 11.6 Å². The predicted molar refractivity (Wildman–Crippen MR) is 106 cm³/mol. The molecule has 142 valence electrons. The number of aliphatic hydroxyl groups excluding tert-OH is 1. The zero-order valence-corrected chi connectivity index (χ0v) is 16.7. The second-order valence-electron chi connectivity index (χ2n) is 6.95. The van der Waals surface area contributed by atoms with Crippen LogP contribution in [0.5, 0.6) is 11.5 Å². The summed E-state index contributed by atoms with van der Waals surface area (Å²) in [5.74, 6) is 1.19. The number of ether oxygens (including phenoxy) is 2. The summed E-state index contributed by atoms with van der Waals surface area (Å²) in [6.07, 6.45) is 0. The summed E-state index contributed by atoms with van der Waals surface area (Å²) in [6.45, 7) is 9.45. The van der Waals surface area contributed by atoms with Crippen LogP contribution in [0.1, 0.15) is 37.5 Å². The number of rotatable bonds is 9. The van der Waals surface area contributed by atoms with Gasteiger partial charge in [-0.3, -0.25) is 0 Å². The quantitative estimate of drug-likeness (QED) is 0.676. The van der Waals surface area contributed by atoms with Crippen molar-refractivity contribution < 1.29 is 14.6 Å². The van der Waals surface area contributed by atoms with Gasteiger partial charge in [0.15, 0.2) is 11.5 Å². The van der Waals surface area contributed by atoms with Gasteiger partial charge in [0.25, 0.3) is 0 Å². The summed E-state index contributed by atoms with van der Waals surface area (Å²) in [5.41, 5.74) is 2.90. The molecule has 26 heavy (non-hydrogen) atoms. The van der Waals surface area contributed by atoms with Crippen molar-refractivity contribution in [1.82, 2.24) is 5.32 Å². The maximum absolute atomic E-state index is 9.38. The smallest absolute Gasteiger partial charge is 0.180 e. The maximum Gasteiger partial charge on any atom is 0.180 e. The van der Waals surface area contributed by atoms with Crippen LogP contribution in [-0.4, -0.2) is 23.9 Å². The number of halogens is 1. The lowest BCUT2D eigenvalue weighted by Gasteiger charge is -2.24. The fourth-order valence-corrected chi connectivity index (χ4v) is 2.73. The van der Waals surface area contributed by atoms with Crippen LogP contribution in [0.3, 0.4) is 0 Å². The molecule has 5 heteroatoms. The molecule has 0 spiro atoms. The average Bonchev–Trinajstić information content (AvgIpc) is 2.61. The minimum absolute atomic E-state index is 0.0523. The molecular weight excluding hydrogens is 350 g/mol. The van der Waals surface area contributed by atoms with Gasteiger partial charge in [0.05, 0.1) is 18.2 Å². The van der Waals surface area contributed by atoms with Gasteiger partial charge >= 0.3 is 0 Å². The van der Waals surface area contributed by atoms with Crippen LogP contribution in [0.2, 0.25) is 5.02 Å². The van der Waals surface area contributed by atoms with Gasteiger partial charge in [-0.2, -0.15) is 0 Å².